The van der Waals surface area contributed by atoms with Gasteiger partial charge in [0.1, 0.15) is 5.82 Å². The molecule has 1 aromatic carbocycles. The van der Waals surface area contributed by atoms with E-state index in [4.69, 9.17) is 9.97 Å². The average Bonchev–Trinajstić information content (AvgIpc) is 3.01. The van der Waals surface area contributed by atoms with Crippen LogP contribution in [-0.4, -0.2) is 49.0 Å². The molecule has 0 spiro atoms. The van der Waals surface area contributed by atoms with Crippen LogP contribution in [-0.2, 0) is 9.84 Å². The molecule has 7 heteroatoms. The first kappa shape index (κ1) is 17.3. The second-order valence-electron chi connectivity index (χ2n) is 7.10. The molecule has 138 valence electrons. The molecule has 2 aliphatic rings. The number of piperidine rings is 1. The van der Waals surface area contributed by atoms with Crippen molar-refractivity contribution in [3.05, 3.63) is 36.4 Å². The number of hydrogen-bond acceptors (Lipinski definition) is 6. The Morgan fingerprint density at radius 2 is 1.81 bits per heavy atom. The molecule has 1 atom stereocenters. The minimum Gasteiger partial charge on any atom is -0.366 e. The van der Waals surface area contributed by atoms with E-state index in [9.17, 15) is 8.42 Å². The van der Waals surface area contributed by atoms with Crippen LogP contribution in [0.5, 0.6) is 0 Å². The third-order valence-electron chi connectivity index (χ3n) is 5.01. The van der Waals surface area contributed by atoms with E-state index in [1.165, 1.54) is 6.42 Å². The van der Waals surface area contributed by atoms with Crippen LogP contribution in [0.25, 0.3) is 11.3 Å². The van der Waals surface area contributed by atoms with E-state index in [1.54, 1.807) is 0 Å². The van der Waals surface area contributed by atoms with Crippen LogP contribution >= 0.6 is 0 Å². The summed E-state index contributed by atoms with van der Waals surface area (Å²) in [6, 6.07) is 11.9. The first-order chi connectivity index (χ1) is 12.6. The van der Waals surface area contributed by atoms with Crippen molar-refractivity contribution < 1.29 is 8.42 Å². The highest BCUT2D eigenvalue weighted by Crippen LogP contribution is 2.26. The van der Waals surface area contributed by atoms with Gasteiger partial charge in [-0.25, -0.2) is 13.4 Å². The average molecular weight is 372 g/mol. The molecular formula is C19H24N4O2S. The second-order valence-corrected chi connectivity index (χ2v) is 9.33. The molecule has 6 nitrogen and oxygen atoms in total. The Labute approximate surface area is 154 Å². The van der Waals surface area contributed by atoms with Gasteiger partial charge in [-0.3, -0.25) is 0 Å². The van der Waals surface area contributed by atoms with Crippen LogP contribution in [0.2, 0.25) is 0 Å². The van der Waals surface area contributed by atoms with Crippen molar-refractivity contribution in [1.82, 2.24) is 9.97 Å². The molecule has 4 rings (SSSR count). The Bertz CT molecular complexity index is 864. The van der Waals surface area contributed by atoms with E-state index in [1.807, 2.05) is 36.4 Å². The number of benzene rings is 1. The zero-order valence-corrected chi connectivity index (χ0v) is 15.6. The molecule has 0 radical (unpaired) electrons. The summed E-state index contributed by atoms with van der Waals surface area (Å²) in [5.74, 6) is 1.87. The van der Waals surface area contributed by atoms with Crippen LogP contribution < -0.4 is 10.2 Å². The van der Waals surface area contributed by atoms with Gasteiger partial charge in [-0.1, -0.05) is 30.3 Å². The zero-order chi connectivity index (χ0) is 18.0. The summed E-state index contributed by atoms with van der Waals surface area (Å²) in [6.07, 6.45) is 4.19. The fraction of sp³-hybridized carbons (Fsp3) is 0.474. The molecule has 2 saturated heterocycles. The summed E-state index contributed by atoms with van der Waals surface area (Å²) in [6.45, 7) is 1.94. The fourth-order valence-corrected chi connectivity index (χ4v) is 5.29. The first-order valence-electron chi connectivity index (χ1n) is 9.25. The lowest BCUT2D eigenvalue weighted by Crippen LogP contribution is -2.31. The molecule has 0 saturated carbocycles. The number of hydrogen-bond donors (Lipinski definition) is 1. The predicted octanol–water partition coefficient (Wildman–Crippen LogP) is 2.73. The molecule has 0 bridgehead atoms. The van der Waals surface area contributed by atoms with Gasteiger partial charge in [-0.2, -0.15) is 4.98 Å². The lowest BCUT2D eigenvalue weighted by molar-refractivity contribution is 0.568. The van der Waals surface area contributed by atoms with Crippen LogP contribution in [0.3, 0.4) is 0 Å². The highest BCUT2D eigenvalue weighted by atomic mass is 32.2. The van der Waals surface area contributed by atoms with Gasteiger partial charge in [0.25, 0.3) is 0 Å². The van der Waals surface area contributed by atoms with Gasteiger partial charge in [-0.15, -0.1) is 0 Å². The quantitative estimate of drug-likeness (QED) is 0.889. The largest absolute Gasteiger partial charge is 0.366 e. The molecule has 0 amide bonds. The fourth-order valence-electron chi connectivity index (χ4n) is 3.62. The summed E-state index contributed by atoms with van der Waals surface area (Å²) in [4.78, 5) is 11.7. The van der Waals surface area contributed by atoms with Crippen molar-refractivity contribution in [2.24, 2.45) is 0 Å². The molecule has 2 aliphatic heterocycles. The molecule has 2 aromatic rings. The number of rotatable bonds is 4. The van der Waals surface area contributed by atoms with Crippen molar-refractivity contribution in [2.45, 2.75) is 31.7 Å². The molecule has 26 heavy (non-hydrogen) atoms. The van der Waals surface area contributed by atoms with Crippen LogP contribution in [0.15, 0.2) is 36.4 Å². The van der Waals surface area contributed by atoms with Crippen molar-refractivity contribution in [3.63, 3.8) is 0 Å². The molecule has 1 aromatic heterocycles. The Balaban J connectivity index is 1.66. The maximum atomic E-state index is 11.8. The van der Waals surface area contributed by atoms with E-state index < -0.39 is 9.84 Å². The van der Waals surface area contributed by atoms with Gasteiger partial charge in [0.05, 0.1) is 17.2 Å². The van der Waals surface area contributed by atoms with E-state index in [0.29, 0.717) is 12.2 Å². The maximum Gasteiger partial charge on any atom is 0.227 e. The molecule has 1 unspecified atom stereocenters. The molecular weight excluding hydrogens is 348 g/mol. The third-order valence-corrected chi connectivity index (χ3v) is 6.78. The van der Waals surface area contributed by atoms with Crippen molar-refractivity contribution in [1.29, 1.82) is 0 Å². The number of sulfone groups is 1. The van der Waals surface area contributed by atoms with Gasteiger partial charge in [0.15, 0.2) is 9.84 Å². The molecule has 2 fully saturated rings. The highest BCUT2D eigenvalue weighted by Gasteiger charge is 2.28. The lowest BCUT2D eigenvalue weighted by atomic mass is 10.1. The van der Waals surface area contributed by atoms with Crippen molar-refractivity contribution in [3.8, 4) is 11.3 Å². The van der Waals surface area contributed by atoms with E-state index in [-0.39, 0.29) is 17.5 Å². The Kier molecular flexibility index (Phi) is 4.80. The minimum absolute atomic E-state index is 0.0762. The number of aromatic nitrogens is 2. The number of anilines is 2. The van der Waals surface area contributed by atoms with Gasteiger partial charge >= 0.3 is 0 Å². The van der Waals surface area contributed by atoms with Gasteiger partial charge in [0, 0.05) is 30.8 Å². The van der Waals surface area contributed by atoms with Gasteiger partial charge in [0.2, 0.25) is 5.95 Å². The summed E-state index contributed by atoms with van der Waals surface area (Å²) in [7, 11) is -2.92. The highest BCUT2D eigenvalue weighted by molar-refractivity contribution is 7.91. The molecule has 0 aliphatic carbocycles. The molecule has 3 heterocycles. The monoisotopic (exact) mass is 372 g/mol. The normalized spacial score (nSPS) is 22.3. The van der Waals surface area contributed by atoms with Crippen LogP contribution in [0.1, 0.15) is 25.7 Å². The summed E-state index contributed by atoms with van der Waals surface area (Å²) in [5, 5.41) is 3.33. The summed E-state index contributed by atoms with van der Waals surface area (Å²) >= 11 is 0. The van der Waals surface area contributed by atoms with Crippen LogP contribution in [0.4, 0.5) is 11.8 Å². The standard InChI is InChI=1S/C19H24N4O2S/c24-26(25)12-9-16(14-26)20-18-13-17(15-7-3-1-4-8-15)21-19(22-18)23-10-5-2-6-11-23/h1,3-4,7-8,13,16H,2,5-6,9-12,14H2,(H,20,21,22). The predicted molar refractivity (Wildman–Crippen MR) is 104 cm³/mol. The van der Waals surface area contributed by atoms with E-state index >= 15 is 0 Å². The van der Waals surface area contributed by atoms with Crippen LogP contribution in [0, 0.1) is 0 Å². The zero-order valence-electron chi connectivity index (χ0n) is 14.8. The van der Waals surface area contributed by atoms with E-state index in [2.05, 4.69) is 10.2 Å². The molecule has 1 N–H and O–H groups in total. The smallest absolute Gasteiger partial charge is 0.227 e. The number of nitrogens with zero attached hydrogens (tertiary/aromatic N) is 3. The number of nitrogens with one attached hydrogen (secondary N) is 1. The van der Waals surface area contributed by atoms with Crippen molar-refractivity contribution in [2.75, 3.05) is 34.8 Å². The lowest BCUT2D eigenvalue weighted by Gasteiger charge is -2.27. The summed E-state index contributed by atoms with van der Waals surface area (Å²) in [5.41, 5.74) is 1.90. The van der Waals surface area contributed by atoms with E-state index in [0.717, 1.165) is 43.1 Å². The van der Waals surface area contributed by atoms with Crippen molar-refractivity contribution >= 4 is 21.6 Å². The van der Waals surface area contributed by atoms with Gasteiger partial charge in [-0.05, 0) is 25.7 Å². The van der Waals surface area contributed by atoms with Gasteiger partial charge < -0.3 is 10.2 Å². The first-order valence-corrected chi connectivity index (χ1v) is 11.1. The SMILES string of the molecule is O=S1(=O)CCC(Nc2cc(-c3ccccc3)nc(N3CCCCC3)n2)C1. The summed E-state index contributed by atoms with van der Waals surface area (Å²) < 4.78 is 23.5. The Morgan fingerprint density at radius 1 is 1.04 bits per heavy atom. The third kappa shape index (κ3) is 3.98. The Morgan fingerprint density at radius 3 is 2.50 bits per heavy atom. The minimum atomic E-state index is -2.92. The second kappa shape index (κ2) is 7.23. The Hall–Kier alpha value is -2.15. The topological polar surface area (TPSA) is 75.2 Å². The maximum absolute atomic E-state index is 11.8.